The third-order valence-electron chi connectivity index (χ3n) is 5.20. The molecule has 0 atom stereocenters. The molecule has 0 unspecified atom stereocenters. The van der Waals surface area contributed by atoms with Crippen LogP contribution in [0.5, 0.6) is 0 Å². The fourth-order valence-corrected chi connectivity index (χ4v) is 3.70. The average Bonchev–Trinajstić information content (AvgIpc) is 2.71. The summed E-state index contributed by atoms with van der Waals surface area (Å²) in [5, 5.41) is 0. The Hall–Kier alpha value is -3.00. The lowest BCUT2D eigenvalue weighted by molar-refractivity contribution is 0.979. The van der Waals surface area contributed by atoms with Crippen molar-refractivity contribution in [3.05, 3.63) is 89.4 Å². The van der Waals surface area contributed by atoms with Crippen molar-refractivity contribution in [2.45, 2.75) is 33.6 Å². The van der Waals surface area contributed by atoms with Gasteiger partial charge in [-0.3, -0.25) is 0 Å². The van der Waals surface area contributed by atoms with Crippen molar-refractivity contribution < 1.29 is 0 Å². The molecule has 3 aromatic rings. The van der Waals surface area contributed by atoms with E-state index >= 15 is 0 Å². The first kappa shape index (κ1) is 17.4. The van der Waals surface area contributed by atoms with Crippen molar-refractivity contribution >= 4 is 5.57 Å². The summed E-state index contributed by atoms with van der Waals surface area (Å²) >= 11 is 0. The molecule has 1 heterocycles. The molecule has 134 valence electrons. The van der Waals surface area contributed by atoms with E-state index in [9.17, 15) is 0 Å². The first-order valence-electron chi connectivity index (χ1n) is 9.51. The molecule has 4 rings (SSSR count). The summed E-state index contributed by atoms with van der Waals surface area (Å²) in [6.07, 6.45) is 6.56. The van der Waals surface area contributed by atoms with Gasteiger partial charge in [-0.15, -0.1) is 0 Å². The van der Waals surface area contributed by atoms with E-state index in [1.807, 2.05) is 6.07 Å². The predicted octanol–water partition coefficient (Wildman–Crippen LogP) is 6.55. The van der Waals surface area contributed by atoms with Crippen LogP contribution in [0.3, 0.4) is 0 Å². The predicted molar refractivity (Wildman–Crippen MR) is 113 cm³/mol. The molecule has 0 amide bonds. The van der Waals surface area contributed by atoms with E-state index in [4.69, 9.17) is 9.97 Å². The van der Waals surface area contributed by atoms with Crippen molar-refractivity contribution in [3.63, 3.8) is 0 Å². The van der Waals surface area contributed by atoms with E-state index in [0.29, 0.717) is 0 Å². The zero-order valence-electron chi connectivity index (χ0n) is 16.2. The Bertz CT molecular complexity index is 1030. The van der Waals surface area contributed by atoms with Gasteiger partial charge in [-0.05, 0) is 55.9 Å². The number of aryl methyl sites for hydroxylation is 2. The molecule has 0 saturated heterocycles. The van der Waals surface area contributed by atoms with E-state index in [1.165, 1.54) is 22.3 Å². The van der Waals surface area contributed by atoms with E-state index < -0.39 is 0 Å². The largest absolute Gasteiger partial charge is 0.249 e. The van der Waals surface area contributed by atoms with Gasteiger partial charge in [-0.2, -0.15) is 0 Å². The molecule has 0 spiro atoms. The Kier molecular flexibility index (Phi) is 4.72. The quantitative estimate of drug-likeness (QED) is 0.534. The van der Waals surface area contributed by atoms with Gasteiger partial charge in [0.2, 0.25) is 0 Å². The zero-order valence-corrected chi connectivity index (χ0v) is 16.2. The molecule has 0 aliphatic heterocycles. The molecular formula is C25H24N2. The second-order valence-electron chi connectivity index (χ2n) is 7.14. The van der Waals surface area contributed by atoms with Gasteiger partial charge in [0.1, 0.15) is 0 Å². The van der Waals surface area contributed by atoms with Crippen LogP contribution < -0.4 is 0 Å². The Morgan fingerprint density at radius 1 is 0.667 bits per heavy atom. The summed E-state index contributed by atoms with van der Waals surface area (Å²) in [7, 11) is 0. The monoisotopic (exact) mass is 352 g/mol. The minimum atomic E-state index is 0.973. The number of benzene rings is 2. The summed E-state index contributed by atoms with van der Waals surface area (Å²) in [5.74, 6) is 0. The van der Waals surface area contributed by atoms with Crippen LogP contribution in [0.25, 0.3) is 28.0 Å². The zero-order chi connectivity index (χ0) is 18.8. The number of rotatable bonds is 3. The van der Waals surface area contributed by atoms with Gasteiger partial charge in [0.05, 0.1) is 22.8 Å². The maximum absolute atomic E-state index is 4.95. The van der Waals surface area contributed by atoms with Crippen molar-refractivity contribution in [3.8, 4) is 22.4 Å². The topological polar surface area (TPSA) is 25.8 Å². The van der Waals surface area contributed by atoms with Crippen LogP contribution in [0, 0.1) is 13.8 Å². The maximum Gasteiger partial charge on any atom is 0.0918 e. The molecule has 2 aromatic carbocycles. The lowest BCUT2D eigenvalue weighted by Gasteiger charge is -2.17. The van der Waals surface area contributed by atoms with Crippen LogP contribution in [-0.4, -0.2) is 9.97 Å². The third kappa shape index (κ3) is 3.48. The number of hydrogen-bond donors (Lipinski definition) is 0. The van der Waals surface area contributed by atoms with Gasteiger partial charge in [-0.1, -0.05) is 66.7 Å². The van der Waals surface area contributed by atoms with Crippen LogP contribution >= 0.6 is 0 Å². The van der Waals surface area contributed by atoms with Crippen LogP contribution in [0.1, 0.15) is 36.8 Å². The van der Waals surface area contributed by atoms with Crippen molar-refractivity contribution in [1.29, 1.82) is 0 Å². The average molecular weight is 352 g/mol. The smallest absolute Gasteiger partial charge is 0.0918 e. The van der Waals surface area contributed by atoms with Gasteiger partial charge in [0.15, 0.2) is 0 Å². The number of nitrogens with zero attached hydrogens (tertiary/aromatic N) is 2. The van der Waals surface area contributed by atoms with Gasteiger partial charge >= 0.3 is 0 Å². The van der Waals surface area contributed by atoms with Crippen LogP contribution in [-0.2, 0) is 0 Å². The SMILES string of the molecule is CC1=C(c2nc(C)c(-c3ccc(-c4ccccc4)cc3)nc2C)CCC=C1. The Balaban J connectivity index is 1.71. The highest BCUT2D eigenvalue weighted by molar-refractivity contribution is 5.73. The number of allylic oxidation sites excluding steroid dienone is 4. The van der Waals surface area contributed by atoms with Crippen molar-refractivity contribution in [1.82, 2.24) is 9.97 Å². The van der Waals surface area contributed by atoms with Gasteiger partial charge in [0, 0.05) is 5.56 Å². The molecule has 2 heteroatoms. The molecule has 2 nitrogen and oxygen atoms in total. The Morgan fingerprint density at radius 2 is 1.26 bits per heavy atom. The second-order valence-corrected chi connectivity index (χ2v) is 7.14. The molecule has 1 aliphatic carbocycles. The molecule has 0 bridgehead atoms. The molecule has 0 radical (unpaired) electrons. The minimum absolute atomic E-state index is 0.973. The molecule has 1 aliphatic rings. The number of hydrogen-bond acceptors (Lipinski definition) is 2. The summed E-state index contributed by atoms with van der Waals surface area (Å²) in [4.78, 5) is 9.88. The van der Waals surface area contributed by atoms with Crippen LogP contribution in [0.2, 0.25) is 0 Å². The summed E-state index contributed by atoms with van der Waals surface area (Å²) in [5.41, 5.74) is 10.2. The fraction of sp³-hybridized carbons (Fsp3) is 0.200. The van der Waals surface area contributed by atoms with Gasteiger partial charge in [-0.25, -0.2) is 9.97 Å². The van der Waals surface area contributed by atoms with E-state index in [0.717, 1.165) is 41.2 Å². The normalized spacial score (nSPS) is 13.9. The molecule has 1 aromatic heterocycles. The van der Waals surface area contributed by atoms with E-state index in [1.54, 1.807) is 0 Å². The van der Waals surface area contributed by atoms with E-state index in [2.05, 4.69) is 81.5 Å². The second kappa shape index (κ2) is 7.32. The standard InChI is InChI=1S/C25H24N2/c1-17-9-7-8-12-23(17)25-19(3)26-24(18(2)27-25)22-15-13-21(14-16-22)20-10-5-4-6-11-20/h4-7,9-11,13-16H,8,12H2,1-3H3. The Labute approximate surface area is 161 Å². The maximum atomic E-state index is 4.95. The summed E-state index contributed by atoms with van der Waals surface area (Å²) in [6, 6.07) is 19.1. The van der Waals surface area contributed by atoms with Gasteiger partial charge in [0.25, 0.3) is 0 Å². The Morgan fingerprint density at radius 3 is 1.96 bits per heavy atom. The summed E-state index contributed by atoms with van der Waals surface area (Å²) in [6.45, 7) is 6.30. The first-order chi connectivity index (χ1) is 13.1. The highest BCUT2D eigenvalue weighted by Crippen LogP contribution is 2.31. The van der Waals surface area contributed by atoms with Crippen LogP contribution in [0.15, 0.2) is 72.3 Å². The summed E-state index contributed by atoms with van der Waals surface area (Å²) < 4.78 is 0. The first-order valence-corrected chi connectivity index (χ1v) is 9.51. The van der Waals surface area contributed by atoms with Crippen molar-refractivity contribution in [2.75, 3.05) is 0 Å². The molecule has 0 N–H and O–H groups in total. The third-order valence-corrected chi connectivity index (χ3v) is 5.20. The highest BCUT2D eigenvalue weighted by atomic mass is 14.8. The lowest BCUT2D eigenvalue weighted by atomic mass is 9.94. The van der Waals surface area contributed by atoms with E-state index in [-0.39, 0.29) is 0 Å². The molecule has 27 heavy (non-hydrogen) atoms. The fourth-order valence-electron chi connectivity index (χ4n) is 3.70. The lowest BCUT2D eigenvalue weighted by Crippen LogP contribution is -2.04. The number of aromatic nitrogens is 2. The van der Waals surface area contributed by atoms with Crippen LogP contribution in [0.4, 0.5) is 0 Å². The van der Waals surface area contributed by atoms with Crippen molar-refractivity contribution in [2.24, 2.45) is 0 Å². The molecule has 0 fully saturated rings. The molecular weight excluding hydrogens is 328 g/mol. The highest BCUT2D eigenvalue weighted by Gasteiger charge is 2.16. The molecule has 0 saturated carbocycles. The van der Waals surface area contributed by atoms with Gasteiger partial charge < -0.3 is 0 Å². The minimum Gasteiger partial charge on any atom is -0.249 e.